The van der Waals surface area contributed by atoms with Crippen molar-refractivity contribution in [2.75, 3.05) is 19.6 Å². The summed E-state index contributed by atoms with van der Waals surface area (Å²) in [5, 5.41) is 6.23. The number of hydrogen-bond donors (Lipinski definition) is 2. The first-order chi connectivity index (χ1) is 8.70. The van der Waals surface area contributed by atoms with Gasteiger partial charge in [-0.15, -0.1) is 0 Å². The van der Waals surface area contributed by atoms with Crippen LogP contribution >= 0.6 is 0 Å². The second-order valence-corrected chi connectivity index (χ2v) is 5.19. The first kappa shape index (κ1) is 13.3. The van der Waals surface area contributed by atoms with Crippen LogP contribution in [0.1, 0.15) is 39.0 Å². The minimum atomic E-state index is 0.00521. The highest BCUT2D eigenvalue weighted by atomic mass is 16.2. The Kier molecular flexibility index (Phi) is 4.58. The quantitative estimate of drug-likeness (QED) is 0.758. The largest absolute Gasteiger partial charge is 0.352 e. The van der Waals surface area contributed by atoms with Crippen LogP contribution in [0.15, 0.2) is 0 Å². The van der Waals surface area contributed by atoms with Gasteiger partial charge >= 0.3 is 0 Å². The molecule has 0 aromatic carbocycles. The Bertz CT molecular complexity index is 313. The summed E-state index contributed by atoms with van der Waals surface area (Å²) in [4.78, 5) is 25.5. The minimum absolute atomic E-state index is 0.00521. The fourth-order valence-corrected chi connectivity index (χ4v) is 2.74. The SMILES string of the molecule is CCC(=O)NC1CCCN(C(=O)C2CCCN2)C1. The normalized spacial score (nSPS) is 28.2. The average molecular weight is 253 g/mol. The van der Waals surface area contributed by atoms with Crippen LogP contribution in [0, 0.1) is 0 Å². The highest BCUT2D eigenvalue weighted by molar-refractivity contribution is 5.82. The zero-order valence-electron chi connectivity index (χ0n) is 11.1. The minimum Gasteiger partial charge on any atom is -0.352 e. The van der Waals surface area contributed by atoms with Crippen LogP contribution in [0.2, 0.25) is 0 Å². The van der Waals surface area contributed by atoms with Gasteiger partial charge in [0.05, 0.1) is 6.04 Å². The Morgan fingerprint density at radius 2 is 2.17 bits per heavy atom. The Morgan fingerprint density at radius 3 is 2.83 bits per heavy atom. The Morgan fingerprint density at radius 1 is 1.33 bits per heavy atom. The molecule has 102 valence electrons. The molecule has 0 saturated carbocycles. The number of carbonyl (C=O) groups excluding carboxylic acids is 2. The predicted molar refractivity (Wildman–Crippen MR) is 69.1 cm³/mol. The van der Waals surface area contributed by atoms with Gasteiger partial charge in [-0.2, -0.15) is 0 Å². The molecule has 0 aliphatic carbocycles. The molecule has 2 aliphatic heterocycles. The van der Waals surface area contributed by atoms with Crippen LogP contribution in [0.25, 0.3) is 0 Å². The van der Waals surface area contributed by atoms with Gasteiger partial charge in [-0.05, 0) is 32.2 Å². The maximum atomic E-state index is 12.3. The number of hydrogen-bond acceptors (Lipinski definition) is 3. The van der Waals surface area contributed by atoms with Gasteiger partial charge in [0.15, 0.2) is 0 Å². The Labute approximate surface area is 108 Å². The number of likely N-dealkylation sites (tertiary alicyclic amines) is 1. The summed E-state index contributed by atoms with van der Waals surface area (Å²) in [6.45, 7) is 4.29. The molecule has 5 nitrogen and oxygen atoms in total. The van der Waals surface area contributed by atoms with E-state index in [1.54, 1.807) is 0 Å². The smallest absolute Gasteiger partial charge is 0.239 e. The summed E-state index contributed by atoms with van der Waals surface area (Å²) < 4.78 is 0. The molecule has 0 aromatic heterocycles. The lowest BCUT2D eigenvalue weighted by Crippen LogP contribution is -2.53. The maximum Gasteiger partial charge on any atom is 0.239 e. The fourth-order valence-electron chi connectivity index (χ4n) is 2.74. The molecule has 0 bridgehead atoms. The highest BCUT2D eigenvalue weighted by Crippen LogP contribution is 2.15. The van der Waals surface area contributed by atoms with Crippen LogP contribution in [0.3, 0.4) is 0 Å². The lowest BCUT2D eigenvalue weighted by atomic mass is 10.0. The second-order valence-electron chi connectivity index (χ2n) is 5.19. The lowest BCUT2D eigenvalue weighted by Gasteiger charge is -2.34. The Hall–Kier alpha value is -1.10. The molecular weight excluding hydrogens is 230 g/mol. The molecule has 0 spiro atoms. The van der Waals surface area contributed by atoms with E-state index in [2.05, 4.69) is 10.6 Å². The van der Waals surface area contributed by atoms with E-state index >= 15 is 0 Å². The Balaban J connectivity index is 1.85. The van der Waals surface area contributed by atoms with Crippen LogP contribution in [0.5, 0.6) is 0 Å². The molecule has 18 heavy (non-hydrogen) atoms. The zero-order chi connectivity index (χ0) is 13.0. The van der Waals surface area contributed by atoms with Gasteiger partial charge in [0, 0.05) is 25.6 Å². The third-order valence-electron chi connectivity index (χ3n) is 3.78. The first-order valence-corrected chi connectivity index (χ1v) is 7.02. The van der Waals surface area contributed by atoms with E-state index in [-0.39, 0.29) is 23.9 Å². The van der Waals surface area contributed by atoms with Crippen molar-refractivity contribution in [1.29, 1.82) is 0 Å². The van der Waals surface area contributed by atoms with Crippen LogP contribution in [-0.2, 0) is 9.59 Å². The van der Waals surface area contributed by atoms with Crippen LogP contribution in [-0.4, -0.2) is 48.4 Å². The van der Waals surface area contributed by atoms with Crippen molar-refractivity contribution in [2.24, 2.45) is 0 Å². The van der Waals surface area contributed by atoms with Crippen molar-refractivity contribution < 1.29 is 9.59 Å². The molecule has 2 amide bonds. The molecule has 2 heterocycles. The number of amides is 2. The molecule has 2 unspecified atom stereocenters. The summed E-state index contributed by atoms with van der Waals surface area (Å²) in [6.07, 6.45) is 4.50. The number of piperidine rings is 1. The second kappa shape index (κ2) is 6.18. The standard InChI is InChI=1S/C13H23N3O2/c1-2-12(17)15-10-5-4-8-16(9-10)13(18)11-6-3-7-14-11/h10-11,14H,2-9H2,1H3,(H,15,17). The van der Waals surface area contributed by atoms with Gasteiger partial charge in [-0.1, -0.05) is 6.92 Å². The molecule has 2 fully saturated rings. The first-order valence-electron chi connectivity index (χ1n) is 7.02. The van der Waals surface area contributed by atoms with Crippen molar-refractivity contribution in [1.82, 2.24) is 15.5 Å². The van der Waals surface area contributed by atoms with E-state index in [1.807, 2.05) is 11.8 Å². The molecule has 2 N–H and O–H groups in total. The molecule has 0 radical (unpaired) electrons. The lowest BCUT2D eigenvalue weighted by molar-refractivity contribution is -0.135. The zero-order valence-corrected chi connectivity index (χ0v) is 11.1. The molecule has 2 saturated heterocycles. The number of rotatable bonds is 3. The summed E-state index contributed by atoms with van der Waals surface area (Å²) in [7, 11) is 0. The predicted octanol–water partition coefficient (Wildman–Crippen LogP) is 0.256. The maximum absolute atomic E-state index is 12.3. The van der Waals surface area contributed by atoms with Gasteiger partial charge in [-0.25, -0.2) is 0 Å². The molecule has 2 aliphatic rings. The van der Waals surface area contributed by atoms with Crippen molar-refractivity contribution in [3.8, 4) is 0 Å². The van der Waals surface area contributed by atoms with Gasteiger partial charge in [0.1, 0.15) is 0 Å². The van der Waals surface area contributed by atoms with E-state index in [4.69, 9.17) is 0 Å². The molecule has 5 heteroatoms. The van der Waals surface area contributed by atoms with Gasteiger partial charge in [0.25, 0.3) is 0 Å². The van der Waals surface area contributed by atoms with Crippen molar-refractivity contribution >= 4 is 11.8 Å². The highest BCUT2D eigenvalue weighted by Gasteiger charge is 2.30. The third-order valence-corrected chi connectivity index (χ3v) is 3.78. The molecule has 2 atom stereocenters. The van der Waals surface area contributed by atoms with Gasteiger partial charge in [0.2, 0.25) is 11.8 Å². The van der Waals surface area contributed by atoms with E-state index in [9.17, 15) is 9.59 Å². The summed E-state index contributed by atoms with van der Waals surface area (Å²) >= 11 is 0. The van der Waals surface area contributed by atoms with Crippen molar-refractivity contribution in [3.63, 3.8) is 0 Å². The summed E-state index contributed by atoms with van der Waals surface area (Å²) in [5.41, 5.74) is 0. The molecule has 2 rings (SSSR count). The average Bonchev–Trinajstić information content (AvgIpc) is 2.92. The number of nitrogens with zero attached hydrogens (tertiary/aromatic N) is 1. The topological polar surface area (TPSA) is 61.4 Å². The summed E-state index contributed by atoms with van der Waals surface area (Å²) in [6, 6.07) is 0.141. The summed E-state index contributed by atoms with van der Waals surface area (Å²) in [5.74, 6) is 0.288. The third kappa shape index (κ3) is 3.22. The monoisotopic (exact) mass is 253 g/mol. The number of carbonyl (C=O) groups is 2. The van der Waals surface area contributed by atoms with E-state index < -0.39 is 0 Å². The van der Waals surface area contributed by atoms with Crippen molar-refractivity contribution in [3.05, 3.63) is 0 Å². The number of nitrogens with one attached hydrogen (secondary N) is 2. The van der Waals surface area contributed by atoms with Crippen LogP contribution < -0.4 is 10.6 Å². The molecule has 0 aromatic rings. The van der Waals surface area contributed by atoms with Gasteiger partial charge in [-0.3, -0.25) is 9.59 Å². The van der Waals surface area contributed by atoms with E-state index in [1.165, 1.54) is 0 Å². The van der Waals surface area contributed by atoms with Crippen LogP contribution in [0.4, 0.5) is 0 Å². The van der Waals surface area contributed by atoms with E-state index in [0.717, 1.165) is 38.8 Å². The van der Waals surface area contributed by atoms with Gasteiger partial charge < -0.3 is 15.5 Å². The molecular formula is C13H23N3O2. The fraction of sp³-hybridized carbons (Fsp3) is 0.846. The van der Waals surface area contributed by atoms with Crippen molar-refractivity contribution in [2.45, 2.75) is 51.1 Å². The van der Waals surface area contributed by atoms with E-state index in [0.29, 0.717) is 13.0 Å².